The van der Waals surface area contributed by atoms with Gasteiger partial charge in [0.1, 0.15) is 0 Å². The largest absolute Gasteiger partial charge is 0.329 e. The fourth-order valence-electron chi connectivity index (χ4n) is 2.35. The minimum absolute atomic E-state index is 0.132. The van der Waals surface area contributed by atoms with Gasteiger partial charge in [0.2, 0.25) is 0 Å². The third kappa shape index (κ3) is 4.84. The van der Waals surface area contributed by atoms with Gasteiger partial charge in [0.15, 0.2) is 5.78 Å². The molecule has 0 aliphatic rings. The Bertz CT molecular complexity index is 509. The zero-order valence-electron chi connectivity index (χ0n) is 14.0. The van der Waals surface area contributed by atoms with Crippen LogP contribution in [0, 0.1) is 5.41 Å². The van der Waals surface area contributed by atoms with Crippen molar-refractivity contribution >= 4 is 17.5 Å². The monoisotopic (exact) mass is 305 g/mol. The predicted molar refractivity (Wildman–Crippen MR) is 90.2 cm³/mol. The van der Waals surface area contributed by atoms with E-state index in [1.54, 1.807) is 31.3 Å². The molecule has 122 valence electrons. The van der Waals surface area contributed by atoms with E-state index in [1.807, 2.05) is 13.8 Å². The Kier molecular flexibility index (Phi) is 6.56. The molecule has 0 heterocycles. The molecule has 1 rings (SSSR count). The van der Waals surface area contributed by atoms with Gasteiger partial charge in [-0.3, -0.25) is 4.79 Å². The van der Waals surface area contributed by atoms with Crippen LogP contribution in [0.4, 0.5) is 10.5 Å². The standard InChI is InChI=1S/C17H27N3O2/c1-5-10-17(2,3)15(21)13-6-8-14(9-7-13)19-16(22)20(4)12-11-18/h6-9H,5,10-12,18H2,1-4H3,(H,19,22). The zero-order valence-corrected chi connectivity index (χ0v) is 14.0. The SMILES string of the molecule is CCCC(C)(C)C(=O)c1ccc(NC(=O)N(C)CCN)cc1. The fraction of sp³-hybridized carbons (Fsp3) is 0.529. The Morgan fingerprint density at radius 2 is 1.82 bits per heavy atom. The summed E-state index contributed by atoms with van der Waals surface area (Å²) < 4.78 is 0. The second-order valence-corrected chi connectivity index (χ2v) is 6.18. The Hall–Kier alpha value is -1.88. The normalized spacial score (nSPS) is 11.1. The van der Waals surface area contributed by atoms with Crippen molar-refractivity contribution in [3.05, 3.63) is 29.8 Å². The van der Waals surface area contributed by atoms with Crippen LogP contribution in [0.1, 0.15) is 44.0 Å². The maximum absolute atomic E-state index is 12.5. The molecule has 5 heteroatoms. The topological polar surface area (TPSA) is 75.4 Å². The van der Waals surface area contributed by atoms with Crippen LogP contribution in [-0.2, 0) is 0 Å². The van der Waals surface area contributed by atoms with Crippen molar-refractivity contribution in [2.45, 2.75) is 33.6 Å². The van der Waals surface area contributed by atoms with Crippen molar-refractivity contribution in [1.29, 1.82) is 0 Å². The van der Waals surface area contributed by atoms with Crippen LogP contribution in [0.2, 0.25) is 0 Å². The highest BCUT2D eigenvalue weighted by molar-refractivity contribution is 6.00. The van der Waals surface area contributed by atoms with Gasteiger partial charge in [-0.25, -0.2) is 4.79 Å². The molecule has 0 unspecified atom stereocenters. The van der Waals surface area contributed by atoms with Crippen LogP contribution in [-0.4, -0.2) is 36.9 Å². The first-order valence-electron chi connectivity index (χ1n) is 7.69. The molecule has 0 saturated carbocycles. The summed E-state index contributed by atoms with van der Waals surface area (Å²) in [4.78, 5) is 25.8. The maximum Gasteiger partial charge on any atom is 0.321 e. The van der Waals surface area contributed by atoms with Crippen LogP contribution in [0.5, 0.6) is 0 Å². The number of likely N-dealkylation sites (N-methyl/N-ethyl adjacent to an activating group) is 1. The summed E-state index contributed by atoms with van der Waals surface area (Å²) in [7, 11) is 1.69. The number of Topliss-reactive ketones (excluding diaryl/α,β-unsaturated/α-hetero) is 1. The van der Waals surface area contributed by atoms with E-state index in [9.17, 15) is 9.59 Å². The number of benzene rings is 1. The number of nitrogens with zero attached hydrogens (tertiary/aromatic N) is 1. The van der Waals surface area contributed by atoms with Crippen molar-refractivity contribution in [1.82, 2.24) is 4.90 Å². The molecule has 1 aromatic rings. The van der Waals surface area contributed by atoms with Crippen LogP contribution < -0.4 is 11.1 Å². The molecule has 0 bridgehead atoms. The summed E-state index contributed by atoms with van der Waals surface area (Å²) >= 11 is 0. The van der Waals surface area contributed by atoms with Crippen LogP contribution >= 0.6 is 0 Å². The van der Waals surface area contributed by atoms with Crippen molar-refractivity contribution in [2.24, 2.45) is 11.1 Å². The van der Waals surface area contributed by atoms with Gasteiger partial charge in [-0.1, -0.05) is 27.2 Å². The predicted octanol–water partition coefficient (Wildman–Crippen LogP) is 3.12. The van der Waals surface area contributed by atoms with Crippen LogP contribution in [0.3, 0.4) is 0 Å². The number of ketones is 1. The van der Waals surface area contributed by atoms with Gasteiger partial charge in [0, 0.05) is 36.8 Å². The molecule has 3 N–H and O–H groups in total. The highest BCUT2D eigenvalue weighted by Crippen LogP contribution is 2.27. The van der Waals surface area contributed by atoms with E-state index >= 15 is 0 Å². The molecule has 0 aromatic heterocycles. The van der Waals surface area contributed by atoms with Gasteiger partial charge in [0.25, 0.3) is 0 Å². The van der Waals surface area contributed by atoms with Gasteiger partial charge >= 0.3 is 6.03 Å². The Labute approximate surface area is 132 Å². The number of hydrogen-bond acceptors (Lipinski definition) is 3. The molecule has 5 nitrogen and oxygen atoms in total. The number of carbonyl (C=O) groups is 2. The van der Waals surface area contributed by atoms with Crippen molar-refractivity contribution in [2.75, 3.05) is 25.5 Å². The van der Waals surface area contributed by atoms with Crippen molar-refractivity contribution in [3.8, 4) is 0 Å². The van der Waals surface area contributed by atoms with E-state index in [4.69, 9.17) is 5.73 Å². The van der Waals surface area contributed by atoms with E-state index in [-0.39, 0.29) is 17.2 Å². The zero-order chi connectivity index (χ0) is 16.8. The van der Waals surface area contributed by atoms with Crippen molar-refractivity contribution in [3.63, 3.8) is 0 Å². The van der Waals surface area contributed by atoms with E-state index in [0.29, 0.717) is 24.3 Å². The number of rotatable bonds is 7. The summed E-state index contributed by atoms with van der Waals surface area (Å²) in [5.41, 5.74) is 6.40. The van der Waals surface area contributed by atoms with E-state index in [1.165, 1.54) is 4.90 Å². The van der Waals surface area contributed by atoms with E-state index in [0.717, 1.165) is 12.8 Å². The maximum atomic E-state index is 12.5. The van der Waals surface area contributed by atoms with Gasteiger partial charge in [-0.05, 0) is 30.7 Å². The molecule has 22 heavy (non-hydrogen) atoms. The first kappa shape index (κ1) is 18.2. The lowest BCUT2D eigenvalue weighted by Crippen LogP contribution is -2.35. The Morgan fingerprint density at radius 3 is 2.32 bits per heavy atom. The number of carbonyl (C=O) groups excluding carboxylic acids is 2. The number of nitrogens with two attached hydrogens (primary N) is 1. The Morgan fingerprint density at radius 1 is 1.23 bits per heavy atom. The molecule has 0 radical (unpaired) electrons. The average Bonchev–Trinajstić information content (AvgIpc) is 2.47. The van der Waals surface area contributed by atoms with Gasteiger partial charge in [0.05, 0.1) is 0 Å². The number of nitrogens with one attached hydrogen (secondary N) is 1. The lowest BCUT2D eigenvalue weighted by molar-refractivity contribution is 0.0825. The molecule has 0 spiro atoms. The molecular formula is C17H27N3O2. The molecule has 0 fully saturated rings. The fourth-order valence-corrected chi connectivity index (χ4v) is 2.35. The molecule has 0 atom stereocenters. The molecule has 2 amide bonds. The number of hydrogen-bond donors (Lipinski definition) is 2. The molecule has 0 aliphatic heterocycles. The number of amides is 2. The average molecular weight is 305 g/mol. The smallest absolute Gasteiger partial charge is 0.321 e. The van der Waals surface area contributed by atoms with Gasteiger partial charge < -0.3 is 16.0 Å². The quantitative estimate of drug-likeness (QED) is 0.760. The number of urea groups is 1. The third-order valence-corrected chi connectivity index (χ3v) is 3.70. The van der Waals surface area contributed by atoms with Gasteiger partial charge in [-0.2, -0.15) is 0 Å². The van der Waals surface area contributed by atoms with Gasteiger partial charge in [-0.15, -0.1) is 0 Å². The Balaban J connectivity index is 2.75. The van der Waals surface area contributed by atoms with E-state index < -0.39 is 0 Å². The minimum atomic E-state index is -0.360. The second kappa shape index (κ2) is 7.94. The number of anilines is 1. The first-order valence-corrected chi connectivity index (χ1v) is 7.69. The second-order valence-electron chi connectivity index (χ2n) is 6.18. The van der Waals surface area contributed by atoms with Crippen molar-refractivity contribution < 1.29 is 9.59 Å². The lowest BCUT2D eigenvalue weighted by Gasteiger charge is -2.22. The summed E-state index contributed by atoms with van der Waals surface area (Å²) in [5, 5.41) is 2.78. The highest BCUT2D eigenvalue weighted by Gasteiger charge is 2.27. The molecule has 0 saturated heterocycles. The molecular weight excluding hydrogens is 278 g/mol. The summed E-state index contributed by atoms with van der Waals surface area (Å²) in [6, 6.07) is 6.82. The molecule has 1 aromatic carbocycles. The summed E-state index contributed by atoms with van der Waals surface area (Å²) in [6.07, 6.45) is 1.83. The first-order chi connectivity index (χ1) is 10.3. The molecule has 0 aliphatic carbocycles. The lowest BCUT2D eigenvalue weighted by atomic mass is 9.80. The van der Waals surface area contributed by atoms with E-state index in [2.05, 4.69) is 12.2 Å². The highest BCUT2D eigenvalue weighted by atomic mass is 16.2. The van der Waals surface area contributed by atoms with Crippen LogP contribution in [0.25, 0.3) is 0 Å². The summed E-state index contributed by atoms with van der Waals surface area (Å²) in [5.74, 6) is 0.132. The summed E-state index contributed by atoms with van der Waals surface area (Å²) in [6.45, 7) is 6.93. The minimum Gasteiger partial charge on any atom is -0.329 e. The third-order valence-electron chi connectivity index (χ3n) is 3.70. The van der Waals surface area contributed by atoms with Crippen LogP contribution in [0.15, 0.2) is 24.3 Å².